The zero-order valence-corrected chi connectivity index (χ0v) is 46.6. The Kier molecular flexibility index (Phi) is 16.0. The van der Waals surface area contributed by atoms with Gasteiger partial charge in [0.1, 0.15) is 24.4 Å². The molecule has 3 unspecified atom stereocenters. The minimum absolute atomic E-state index is 0.0154. The number of aliphatic hydroxyl groups excluding tert-OH is 2. The lowest BCUT2D eigenvalue weighted by molar-refractivity contribution is -0.337. The third-order valence-electron chi connectivity index (χ3n) is 20.5. The highest BCUT2D eigenvalue weighted by molar-refractivity contribution is 5.70. The first-order valence-corrected chi connectivity index (χ1v) is 30.0. The van der Waals surface area contributed by atoms with Gasteiger partial charge in [0.25, 0.3) is 0 Å². The first kappa shape index (κ1) is 55.5. The number of methoxy groups -OCH3 is 2. The molecule has 26 atom stereocenters. The first-order chi connectivity index (χ1) is 37.0. The van der Waals surface area contributed by atoms with E-state index >= 15 is 0 Å². The zero-order valence-electron chi connectivity index (χ0n) is 46.6. The van der Waals surface area contributed by atoms with Crippen LogP contribution < -0.4 is 0 Å². The monoisotopic (exact) mass is 1080 g/mol. The minimum Gasteiger partial charge on any atom is -0.490 e. The summed E-state index contributed by atoms with van der Waals surface area (Å²) < 4.78 is 94.0. The van der Waals surface area contributed by atoms with Crippen LogP contribution in [0.3, 0.4) is 0 Å². The molecule has 12 rings (SSSR count). The highest BCUT2D eigenvalue weighted by Gasteiger charge is 2.60. The summed E-state index contributed by atoms with van der Waals surface area (Å²) in [5, 5.41) is 20.4. The molecule has 0 saturated carbocycles. The molecule has 12 aliphatic rings. The molecule has 17 nitrogen and oxygen atoms in total. The Labute approximate surface area is 455 Å². The van der Waals surface area contributed by atoms with Crippen LogP contribution in [0.2, 0.25) is 0 Å². The van der Waals surface area contributed by atoms with Crippen LogP contribution in [0.4, 0.5) is 0 Å². The highest BCUT2D eigenvalue weighted by Crippen LogP contribution is 2.51. The van der Waals surface area contributed by atoms with Gasteiger partial charge in [0.05, 0.1) is 110 Å². The Balaban J connectivity index is 0.730. The number of allylic oxidation sites excluding steroid dienone is 1. The molecule has 432 valence electrons. The van der Waals surface area contributed by atoms with Crippen LogP contribution >= 0.6 is 0 Å². The van der Waals surface area contributed by atoms with Crippen molar-refractivity contribution in [2.24, 2.45) is 23.7 Å². The maximum atomic E-state index is 14.5. The van der Waals surface area contributed by atoms with Crippen molar-refractivity contribution < 1.29 is 81.3 Å². The summed E-state index contributed by atoms with van der Waals surface area (Å²) in [6.07, 6.45) is 9.94. The topological polar surface area (TPSA) is 187 Å². The molecular weight excluding hydrogens is 993 g/mol. The van der Waals surface area contributed by atoms with E-state index < -0.39 is 41.8 Å². The quantitative estimate of drug-likeness (QED) is 0.170. The summed E-state index contributed by atoms with van der Waals surface area (Å²) in [4.78, 5) is 14.5. The highest BCUT2D eigenvalue weighted by atomic mass is 16.7. The summed E-state index contributed by atoms with van der Waals surface area (Å²) in [6.45, 7) is 17.6. The van der Waals surface area contributed by atoms with Gasteiger partial charge < -0.3 is 76.5 Å². The molecule has 12 heterocycles. The van der Waals surface area contributed by atoms with Crippen molar-refractivity contribution in [3.63, 3.8) is 0 Å². The Morgan fingerprint density at radius 1 is 0.688 bits per heavy atom. The number of fused-ring (bicyclic) bond motifs is 12. The van der Waals surface area contributed by atoms with Gasteiger partial charge in [0.2, 0.25) is 0 Å². The first-order valence-electron chi connectivity index (χ1n) is 30.0. The van der Waals surface area contributed by atoms with Crippen molar-refractivity contribution in [3.05, 3.63) is 36.1 Å². The van der Waals surface area contributed by atoms with Crippen molar-refractivity contribution in [1.29, 1.82) is 0 Å². The molecule has 0 aromatic rings. The molecule has 0 amide bonds. The van der Waals surface area contributed by atoms with Crippen LogP contribution in [0.1, 0.15) is 156 Å². The second kappa shape index (κ2) is 22.3. The van der Waals surface area contributed by atoms with Crippen molar-refractivity contribution >= 4 is 5.97 Å². The predicted molar refractivity (Wildman–Crippen MR) is 277 cm³/mol. The maximum Gasteiger partial charge on any atom is 0.308 e. The van der Waals surface area contributed by atoms with Crippen molar-refractivity contribution in [2.75, 3.05) is 20.8 Å². The number of esters is 1. The largest absolute Gasteiger partial charge is 0.490 e. The molecule has 1 spiro atoms. The predicted octanol–water partition coefficient (Wildman–Crippen LogP) is 7.59. The van der Waals surface area contributed by atoms with Gasteiger partial charge in [-0.25, -0.2) is 0 Å². The lowest BCUT2D eigenvalue weighted by Gasteiger charge is -2.51. The summed E-state index contributed by atoms with van der Waals surface area (Å²) in [6, 6.07) is 0. The normalized spacial score (nSPS) is 51.8. The van der Waals surface area contributed by atoms with E-state index in [0.29, 0.717) is 70.6 Å². The Morgan fingerprint density at radius 2 is 1.44 bits per heavy atom. The summed E-state index contributed by atoms with van der Waals surface area (Å²) >= 11 is 0. The number of rotatable bonds is 9. The molecule has 10 bridgehead atoms. The number of ether oxygens (including phenoxy) is 14. The molecule has 12 aliphatic heterocycles. The summed E-state index contributed by atoms with van der Waals surface area (Å²) in [5.41, 5.74) is 2.11. The van der Waals surface area contributed by atoms with Crippen LogP contribution in [0.25, 0.3) is 0 Å². The van der Waals surface area contributed by atoms with Gasteiger partial charge in [-0.1, -0.05) is 47.3 Å². The van der Waals surface area contributed by atoms with E-state index in [4.69, 9.17) is 66.3 Å². The molecule has 11 saturated heterocycles. The third kappa shape index (κ3) is 11.1. The molecule has 11 fully saturated rings. The molecule has 2 N–H and O–H groups in total. The van der Waals surface area contributed by atoms with Gasteiger partial charge in [-0.15, -0.1) is 0 Å². The van der Waals surface area contributed by atoms with Crippen LogP contribution in [0.5, 0.6) is 0 Å². The van der Waals surface area contributed by atoms with Gasteiger partial charge >= 0.3 is 5.97 Å². The standard InChI is InChI=1S/C60H90O17/c1-31(27-60(65-8)28-34(4)54-49(77-60)23-40(62)52(30-61)72-54)10-9-17-59(64-7)29-51-46(75-59)26-48-55(71-51)36(6)56-47(70-48)24-44-35(5)32(2)20-37(67-44)11-13-41-33(3)21-39(66-41)15-18-58-19-16-42(74-58)45-25-50(76-58)57-43(69-45)14-12-38(68-57)22-53(63)73-56/h15,31-32,34,36-38,40-52,54-57,61-62H,3,5,9-14,16-30H2,1-2,4,6-8H3/b39-15-/t31-,32-,34+,36+,37?,38-,40-,41+,42?,43+,44?,45-,46-,47+,48+,49+,50-,51-,52-,54+,55+,56-,57+,58+,59+,60-/m1/s1. The summed E-state index contributed by atoms with van der Waals surface area (Å²) in [7, 11) is 3.43. The Hall–Kier alpha value is -2.07. The number of hydrogen-bond acceptors (Lipinski definition) is 17. The SMILES string of the molecule is C=C1C2C[C@@H]3O[C@H]4C[C@H]5O[C@](CCC[C@@H](C)C[C@]6(OC)C[C@H](C)[C@@H]7O[C@H](CO)[C@H](O)C[C@@H]7O6)(OC)C[C@H]5O[C@H]4[C@H](C)[C@H]3OC(=O)C[C@H]3CC[C@@H]4O[C@@H]5C[C@@H](O[C@@]6(C/C=C7/CC(=C)[C@H](CCC(C[C@H]1C)O2)O7)CCC5O6)[C@H]4O3. The minimum atomic E-state index is -0.833. The molecule has 17 heteroatoms. The third-order valence-corrected chi connectivity index (χ3v) is 20.5. The fourth-order valence-corrected chi connectivity index (χ4v) is 16.3. The smallest absolute Gasteiger partial charge is 0.308 e. The van der Waals surface area contributed by atoms with E-state index in [2.05, 4.69) is 46.9 Å². The van der Waals surface area contributed by atoms with Crippen LogP contribution in [0, 0.1) is 23.7 Å². The van der Waals surface area contributed by atoms with E-state index in [1.807, 2.05) is 0 Å². The molecule has 0 radical (unpaired) electrons. The van der Waals surface area contributed by atoms with Crippen molar-refractivity contribution in [3.8, 4) is 0 Å². The van der Waals surface area contributed by atoms with E-state index in [0.717, 1.165) is 68.3 Å². The lowest BCUT2D eigenvalue weighted by atomic mass is 9.79. The lowest BCUT2D eigenvalue weighted by Crippen LogP contribution is -2.61. The van der Waals surface area contributed by atoms with Crippen LogP contribution in [-0.4, -0.2) is 170 Å². The van der Waals surface area contributed by atoms with Gasteiger partial charge in [0.15, 0.2) is 17.4 Å². The zero-order chi connectivity index (χ0) is 53.5. The average Bonchev–Trinajstić information content (AvgIpc) is 4.20. The van der Waals surface area contributed by atoms with Gasteiger partial charge in [-0.3, -0.25) is 4.79 Å². The molecule has 77 heavy (non-hydrogen) atoms. The number of carbonyl (C=O) groups excluding carboxylic acids is 1. The van der Waals surface area contributed by atoms with E-state index in [1.165, 1.54) is 0 Å². The molecule has 0 aromatic heterocycles. The number of hydrogen-bond donors (Lipinski definition) is 2. The second-order valence-corrected chi connectivity index (χ2v) is 26.0. The van der Waals surface area contributed by atoms with Gasteiger partial charge in [-0.05, 0) is 79.9 Å². The Bertz CT molecular complexity index is 2170. The fraction of sp³-hybridized carbons (Fsp3) is 0.883. The van der Waals surface area contributed by atoms with Gasteiger partial charge in [0, 0.05) is 90.8 Å². The molecule has 0 aliphatic carbocycles. The molecular formula is C60H90O17. The molecule has 0 aromatic carbocycles. The van der Waals surface area contributed by atoms with Crippen LogP contribution in [-0.2, 0) is 71.1 Å². The Morgan fingerprint density at radius 3 is 2.26 bits per heavy atom. The van der Waals surface area contributed by atoms with Crippen LogP contribution in [0.15, 0.2) is 36.1 Å². The van der Waals surface area contributed by atoms with Crippen molar-refractivity contribution in [1.82, 2.24) is 0 Å². The maximum absolute atomic E-state index is 14.5. The fourth-order valence-electron chi connectivity index (χ4n) is 16.3. The number of carbonyl (C=O) groups is 1. The van der Waals surface area contributed by atoms with Crippen molar-refractivity contribution in [2.45, 2.75) is 289 Å². The van der Waals surface area contributed by atoms with Gasteiger partial charge in [-0.2, -0.15) is 0 Å². The average molecular weight is 1080 g/mol. The summed E-state index contributed by atoms with van der Waals surface area (Å²) in [5.74, 6) is -1.41. The van der Waals surface area contributed by atoms with E-state index in [-0.39, 0.29) is 134 Å². The second-order valence-electron chi connectivity index (χ2n) is 26.0. The van der Waals surface area contributed by atoms with E-state index in [9.17, 15) is 15.0 Å². The van der Waals surface area contributed by atoms with E-state index in [1.54, 1.807) is 14.2 Å². The number of aliphatic hydroxyl groups is 2.